The van der Waals surface area contributed by atoms with Gasteiger partial charge in [0.1, 0.15) is 0 Å². The molecule has 122 valence electrons. The first-order valence-corrected chi connectivity index (χ1v) is 9.72. The Morgan fingerprint density at radius 2 is 1.48 bits per heavy atom. The lowest BCUT2D eigenvalue weighted by Crippen LogP contribution is -2.40. The molecule has 4 heteroatoms. The minimum absolute atomic E-state index is 0.0579. The van der Waals surface area contributed by atoms with E-state index in [4.69, 9.17) is 0 Å². The topological polar surface area (TPSA) is 46.2 Å². The molecule has 0 saturated heterocycles. The zero-order valence-corrected chi connectivity index (χ0v) is 14.2. The molecule has 0 amide bonds. The molecule has 2 aromatic rings. The summed E-state index contributed by atoms with van der Waals surface area (Å²) >= 11 is 0. The minimum atomic E-state index is -3.44. The monoisotopic (exact) mass is 329 g/mol. The summed E-state index contributed by atoms with van der Waals surface area (Å²) in [6.07, 6.45) is 4.33. The van der Waals surface area contributed by atoms with E-state index in [0.29, 0.717) is 10.8 Å². The molecule has 0 aromatic heterocycles. The largest absolute Gasteiger partial charge is 0.240 e. The van der Waals surface area contributed by atoms with E-state index in [9.17, 15) is 8.42 Å². The van der Waals surface area contributed by atoms with E-state index >= 15 is 0 Å². The van der Waals surface area contributed by atoms with Crippen LogP contribution in [-0.4, -0.2) is 14.5 Å². The zero-order valence-electron chi connectivity index (χ0n) is 13.4. The number of benzene rings is 2. The molecule has 2 atom stereocenters. The second-order valence-electron chi connectivity index (χ2n) is 6.38. The van der Waals surface area contributed by atoms with Gasteiger partial charge in [0, 0.05) is 6.04 Å². The van der Waals surface area contributed by atoms with Gasteiger partial charge < -0.3 is 0 Å². The number of nitrogens with one attached hydrogen (secondary N) is 1. The fourth-order valence-electron chi connectivity index (χ4n) is 3.22. The summed E-state index contributed by atoms with van der Waals surface area (Å²) in [7, 11) is -3.44. The molecule has 1 aliphatic carbocycles. The lowest BCUT2D eigenvalue weighted by molar-refractivity contribution is 0.310. The summed E-state index contributed by atoms with van der Waals surface area (Å²) in [5.74, 6) is 0.405. The Labute approximate surface area is 138 Å². The predicted octanol–water partition coefficient (Wildman–Crippen LogP) is 4.21. The second kappa shape index (κ2) is 6.85. The lowest BCUT2D eigenvalue weighted by atomic mass is 9.87. The first kappa shape index (κ1) is 16.2. The fourth-order valence-corrected chi connectivity index (χ4v) is 4.60. The maximum absolute atomic E-state index is 12.6. The highest BCUT2D eigenvalue weighted by Gasteiger charge is 2.26. The van der Waals surface area contributed by atoms with Crippen LogP contribution < -0.4 is 4.72 Å². The molecule has 0 radical (unpaired) electrons. The molecule has 0 spiro atoms. The maximum Gasteiger partial charge on any atom is 0.240 e. The molecule has 1 N–H and O–H groups in total. The Morgan fingerprint density at radius 1 is 0.870 bits per heavy atom. The van der Waals surface area contributed by atoms with Crippen molar-refractivity contribution in [2.75, 3.05) is 0 Å². The number of sulfonamides is 1. The van der Waals surface area contributed by atoms with Crippen molar-refractivity contribution in [3.8, 4) is 11.1 Å². The molecule has 0 heterocycles. The third-order valence-corrected chi connectivity index (χ3v) is 6.20. The number of hydrogen-bond acceptors (Lipinski definition) is 2. The van der Waals surface area contributed by atoms with Gasteiger partial charge in [0.05, 0.1) is 4.90 Å². The van der Waals surface area contributed by atoms with Crippen molar-refractivity contribution in [3.05, 3.63) is 54.6 Å². The van der Waals surface area contributed by atoms with E-state index < -0.39 is 10.0 Å². The van der Waals surface area contributed by atoms with Gasteiger partial charge in [0.25, 0.3) is 0 Å². The van der Waals surface area contributed by atoms with Crippen LogP contribution in [0.4, 0.5) is 0 Å². The minimum Gasteiger partial charge on any atom is -0.208 e. The second-order valence-corrected chi connectivity index (χ2v) is 8.09. The third-order valence-electron chi connectivity index (χ3n) is 4.69. The van der Waals surface area contributed by atoms with Crippen molar-refractivity contribution in [2.45, 2.75) is 43.5 Å². The Bertz CT molecular complexity index is 739. The van der Waals surface area contributed by atoms with E-state index in [1.54, 1.807) is 12.1 Å². The van der Waals surface area contributed by atoms with Crippen LogP contribution in [0.3, 0.4) is 0 Å². The molecular formula is C19H23NO2S. The highest BCUT2D eigenvalue weighted by Crippen LogP contribution is 2.26. The molecule has 3 nitrogen and oxygen atoms in total. The average Bonchev–Trinajstić information content (AvgIpc) is 2.58. The van der Waals surface area contributed by atoms with Crippen molar-refractivity contribution < 1.29 is 8.42 Å². The molecule has 0 bridgehead atoms. The highest BCUT2D eigenvalue weighted by atomic mass is 32.2. The van der Waals surface area contributed by atoms with Crippen LogP contribution in [0, 0.1) is 5.92 Å². The van der Waals surface area contributed by atoms with Crippen LogP contribution >= 0.6 is 0 Å². The standard InChI is InChI=1S/C19H23NO2S/c1-15-7-5-6-10-19(15)20-23(21,22)18-13-11-17(12-14-18)16-8-3-2-4-9-16/h2-4,8-9,11-15,19-20H,5-7,10H2,1H3. The van der Waals surface area contributed by atoms with Crippen LogP contribution in [0.25, 0.3) is 11.1 Å². The smallest absolute Gasteiger partial charge is 0.208 e. The molecule has 2 aromatic carbocycles. The molecule has 23 heavy (non-hydrogen) atoms. The maximum atomic E-state index is 12.6. The highest BCUT2D eigenvalue weighted by molar-refractivity contribution is 7.89. The Morgan fingerprint density at radius 3 is 2.13 bits per heavy atom. The van der Waals surface area contributed by atoms with E-state index in [1.807, 2.05) is 42.5 Å². The molecule has 3 rings (SSSR count). The van der Waals surface area contributed by atoms with Crippen molar-refractivity contribution in [1.29, 1.82) is 0 Å². The zero-order chi connectivity index (χ0) is 16.3. The Balaban J connectivity index is 1.78. The molecular weight excluding hydrogens is 306 g/mol. The van der Waals surface area contributed by atoms with Gasteiger partial charge in [-0.2, -0.15) is 0 Å². The van der Waals surface area contributed by atoms with Crippen molar-refractivity contribution in [3.63, 3.8) is 0 Å². The molecule has 0 aliphatic heterocycles. The van der Waals surface area contributed by atoms with Gasteiger partial charge in [0.2, 0.25) is 10.0 Å². The SMILES string of the molecule is CC1CCCCC1NS(=O)(=O)c1ccc(-c2ccccc2)cc1. The summed E-state index contributed by atoms with van der Waals surface area (Å²) in [4.78, 5) is 0.343. The van der Waals surface area contributed by atoms with E-state index in [2.05, 4.69) is 11.6 Å². The van der Waals surface area contributed by atoms with Gasteiger partial charge in [-0.3, -0.25) is 0 Å². The number of rotatable bonds is 4. The number of hydrogen-bond donors (Lipinski definition) is 1. The summed E-state index contributed by atoms with van der Waals surface area (Å²) < 4.78 is 28.1. The van der Waals surface area contributed by atoms with Crippen LogP contribution in [0.5, 0.6) is 0 Å². The van der Waals surface area contributed by atoms with Gasteiger partial charge in [-0.1, -0.05) is 62.2 Å². The first-order valence-electron chi connectivity index (χ1n) is 8.24. The summed E-state index contributed by atoms with van der Waals surface area (Å²) in [6.45, 7) is 2.13. The Hall–Kier alpha value is -1.65. The van der Waals surface area contributed by atoms with E-state index in [1.165, 1.54) is 6.42 Å². The predicted molar refractivity (Wildman–Crippen MR) is 93.6 cm³/mol. The molecule has 1 aliphatic rings. The van der Waals surface area contributed by atoms with Crippen LogP contribution in [-0.2, 0) is 10.0 Å². The molecule has 1 saturated carbocycles. The van der Waals surface area contributed by atoms with Crippen LogP contribution in [0.15, 0.2) is 59.5 Å². The first-order chi connectivity index (χ1) is 11.1. The summed E-state index contributed by atoms with van der Waals surface area (Å²) in [6, 6.07) is 17.1. The van der Waals surface area contributed by atoms with Gasteiger partial charge in [0.15, 0.2) is 0 Å². The van der Waals surface area contributed by atoms with Crippen LogP contribution in [0.2, 0.25) is 0 Å². The van der Waals surface area contributed by atoms with Gasteiger partial charge in [-0.25, -0.2) is 13.1 Å². The van der Waals surface area contributed by atoms with Gasteiger partial charge in [-0.15, -0.1) is 0 Å². The van der Waals surface area contributed by atoms with Crippen LogP contribution in [0.1, 0.15) is 32.6 Å². The Kier molecular flexibility index (Phi) is 4.83. The van der Waals surface area contributed by atoms with Crippen molar-refractivity contribution in [2.24, 2.45) is 5.92 Å². The lowest BCUT2D eigenvalue weighted by Gasteiger charge is -2.29. The quantitative estimate of drug-likeness (QED) is 0.913. The van der Waals surface area contributed by atoms with Gasteiger partial charge in [-0.05, 0) is 42.0 Å². The van der Waals surface area contributed by atoms with E-state index in [-0.39, 0.29) is 6.04 Å². The normalized spacial score (nSPS) is 22.0. The van der Waals surface area contributed by atoms with Crippen molar-refractivity contribution >= 4 is 10.0 Å². The molecule has 1 fully saturated rings. The van der Waals surface area contributed by atoms with Crippen molar-refractivity contribution in [1.82, 2.24) is 4.72 Å². The third kappa shape index (κ3) is 3.82. The average molecular weight is 329 g/mol. The fraction of sp³-hybridized carbons (Fsp3) is 0.368. The molecule has 2 unspecified atom stereocenters. The summed E-state index contributed by atoms with van der Waals surface area (Å²) in [5, 5.41) is 0. The van der Waals surface area contributed by atoms with E-state index in [0.717, 1.165) is 30.4 Å². The van der Waals surface area contributed by atoms with Gasteiger partial charge >= 0.3 is 0 Å². The summed E-state index contributed by atoms with van der Waals surface area (Å²) in [5.41, 5.74) is 2.11.